The molecule has 1 aromatic carbocycles. The molecule has 120 valence electrons. The molecule has 7 heteroatoms. The molecule has 22 heavy (non-hydrogen) atoms. The summed E-state index contributed by atoms with van der Waals surface area (Å²) in [6.07, 6.45) is 0.879. The maximum absolute atomic E-state index is 12.0. The monoisotopic (exact) mass is 306 g/mol. The van der Waals surface area contributed by atoms with Crippen molar-refractivity contribution >= 4 is 6.03 Å². The lowest BCUT2D eigenvalue weighted by Gasteiger charge is -2.18. The van der Waals surface area contributed by atoms with Crippen LogP contribution in [0.1, 0.15) is 24.9 Å². The van der Waals surface area contributed by atoms with Gasteiger partial charge in [0, 0.05) is 19.5 Å². The first-order valence-corrected chi connectivity index (χ1v) is 7.64. The second-order valence-electron chi connectivity index (χ2n) is 5.55. The Kier molecular flexibility index (Phi) is 4.65. The van der Waals surface area contributed by atoms with Gasteiger partial charge in [-0.1, -0.05) is 6.07 Å². The number of fused-ring (bicyclic) bond motifs is 1. The Morgan fingerprint density at radius 1 is 1.23 bits per heavy atom. The van der Waals surface area contributed by atoms with Crippen LogP contribution in [0.2, 0.25) is 0 Å². The highest BCUT2D eigenvalue weighted by molar-refractivity contribution is 5.74. The van der Waals surface area contributed by atoms with Crippen LogP contribution in [0, 0.1) is 0 Å². The molecule has 1 saturated heterocycles. The summed E-state index contributed by atoms with van der Waals surface area (Å²) in [5.74, 6) is 1.51. The van der Waals surface area contributed by atoms with Crippen LogP contribution >= 0.6 is 0 Å². The first-order chi connectivity index (χ1) is 10.7. The molecule has 4 N–H and O–H groups in total. The molecule has 0 radical (unpaired) electrons. The van der Waals surface area contributed by atoms with E-state index in [-0.39, 0.29) is 18.1 Å². The van der Waals surface area contributed by atoms with E-state index in [2.05, 4.69) is 21.5 Å². The van der Waals surface area contributed by atoms with E-state index < -0.39 is 0 Å². The van der Waals surface area contributed by atoms with Crippen molar-refractivity contribution < 1.29 is 14.3 Å². The summed E-state index contributed by atoms with van der Waals surface area (Å²) in [4.78, 5) is 12.0. The largest absolute Gasteiger partial charge is 0.490 e. The van der Waals surface area contributed by atoms with E-state index >= 15 is 0 Å². The number of hydrogen-bond acceptors (Lipinski definition) is 5. The predicted octanol–water partition coefficient (Wildman–Crippen LogP) is 0.685. The molecule has 0 spiro atoms. The Morgan fingerprint density at radius 2 is 1.95 bits per heavy atom. The zero-order valence-electron chi connectivity index (χ0n) is 12.6. The molecule has 1 atom stereocenters. The van der Waals surface area contributed by atoms with Crippen LogP contribution in [0.25, 0.3) is 0 Å². The number of nitrogens with one attached hydrogen (secondary N) is 4. The predicted molar refractivity (Wildman–Crippen MR) is 81.9 cm³/mol. The standard InChI is InChI=1S/C15H22N4O3/c1-10(18-15(20)19-12-8-16-17-9-12)11-3-4-13-14(7-11)22-6-2-5-21-13/h3-4,7,10,12,16-17H,2,5-6,8-9H2,1H3,(H2,18,19,20). The Bertz CT molecular complexity index is 532. The van der Waals surface area contributed by atoms with E-state index in [1.165, 1.54) is 0 Å². The Morgan fingerprint density at radius 3 is 2.73 bits per heavy atom. The first kappa shape index (κ1) is 14.9. The first-order valence-electron chi connectivity index (χ1n) is 7.64. The van der Waals surface area contributed by atoms with Gasteiger partial charge in [0.05, 0.1) is 25.3 Å². The van der Waals surface area contributed by atoms with Gasteiger partial charge < -0.3 is 20.1 Å². The molecular formula is C15H22N4O3. The minimum absolute atomic E-state index is 0.107. The smallest absolute Gasteiger partial charge is 0.315 e. The van der Waals surface area contributed by atoms with Crippen molar-refractivity contribution in [3.8, 4) is 11.5 Å². The Balaban J connectivity index is 1.60. The highest BCUT2D eigenvalue weighted by Crippen LogP contribution is 2.32. The topological polar surface area (TPSA) is 83.7 Å². The number of carbonyl (C=O) groups is 1. The molecule has 2 amide bonds. The van der Waals surface area contributed by atoms with Gasteiger partial charge in [-0.2, -0.15) is 0 Å². The lowest BCUT2D eigenvalue weighted by molar-refractivity contribution is 0.235. The molecule has 0 bridgehead atoms. The van der Waals surface area contributed by atoms with Crippen LogP contribution in [-0.4, -0.2) is 38.4 Å². The van der Waals surface area contributed by atoms with E-state index in [4.69, 9.17) is 9.47 Å². The number of carbonyl (C=O) groups excluding carboxylic acids is 1. The van der Waals surface area contributed by atoms with Crippen molar-refractivity contribution in [2.75, 3.05) is 26.3 Å². The van der Waals surface area contributed by atoms with Gasteiger partial charge in [-0.3, -0.25) is 10.9 Å². The summed E-state index contributed by atoms with van der Waals surface area (Å²) in [6.45, 7) is 4.73. The lowest BCUT2D eigenvalue weighted by Crippen LogP contribution is -2.45. The third-order valence-corrected chi connectivity index (χ3v) is 3.78. The van der Waals surface area contributed by atoms with E-state index in [0.717, 1.165) is 36.6 Å². The minimum Gasteiger partial charge on any atom is -0.490 e. The molecule has 2 aliphatic rings. The van der Waals surface area contributed by atoms with Crippen LogP contribution in [-0.2, 0) is 0 Å². The summed E-state index contributed by atoms with van der Waals surface area (Å²) < 4.78 is 11.3. The molecule has 7 nitrogen and oxygen atoms in total. The van der Waals surface area contributed by atoms with Gasteiger partial charge >= 0.3 is 6.03 Å². The summed E-state index contributed by atoms with van der Waals surface area (Å²) in [7, 11) is 0. The molecule has 3 rings (SSSR count). The van der Waals surface area contributed by atoms with Crippen molar-refractivity contribution in [1.29, 1.82) is 0 Å². The Labute approximate surface area is 129 Å². The van der Waals surface area contributed by atoms with E-state index in [1.807, 2.05) is 25.1 Å². The minimum atomic E-state index is -0.171. The number of benzene rings is 1. The number of urea groups is 1. The van der Waals surface area contributed by atoms with Gasteiger partial charge in [0.15, 0.2) is 11.5 Å². The highest BCUT2D eigenvalue weighted by atomic mass is 16.5. The molecule has 2 aliphatic heterocycles. The van der Waals surface area contributed by atoms with E-state index in [0.29, 0.717) is 13.2 Å². The summed E-state index contributed by atoms with van der Waals surface area (Å²) in [5.41, 5.74) is 6.95. The molecule has 1 unspecified atom stereocenters. The lowest BCUT2D eigenvalue weighted by atomic mass is 10.1. The average molecular weight is 306 g/mol. The van der Waals surface area contributed by atoms with Crippen LogP contribution in [0.3, 0.4) is 0 Å². The van der Waals surface area contributed by atoms with Gasteiger partial charge in [-0.15, -0.1) is 0 Å². The van der Waals surface area contributed by atoms with Crippen molar-refractivity contribution in [2.45, 2.75) is 25.4 Å². The maximum Gasteiger partial charge on any atom is 0.315 e. The van der Waals surface area contributed by atoms with Crippen LogP contribution in [0.5, 0.6) is 11.5 Å². The molecule has 1 aromatic rings. The fourth-order valence-corrected chi connectivity index (χ4v) is 2.52. The number of ether oxygens (including phenoxy) is 2. The highest BCUT2D eigenvalue weighted by Gasteiger charge is 2.19. The third kappa shape index (κ3) is 3.61. The number of rotatable bonds is 3. The van der Waals surface area contributed by atoms with Crippen LogP contribution in [0.4, 0.5) is 4.79 Å². The van der Waals surface area contributed by atoms with E-state index in [9.17, 15) is 4.79 Å². The number of amides is 2. The fourth-order valence-electron chi connectivity index (χ4n) is 2.52. The van der Waals surface area contributed by atoms with Crippen LogP contribution in [0.15, 0.2) is 18.2 Å². The number of hydrazine groups is 1. The molecule has 2 heterocycles. The van der Waals surface area contributed by atoms with Gasteiger partial charge in [0.1, 0.15) is 0 Å². The molecule has 1 fully saturated rings. The normalized spacial score (nSPS) is 19.3. The molecule has 0 aromatic heterocycles. The zero-order chi connectivity index (χ0) is 15.4. The van der Waals surface area contributed by atoms with Crippen molar-refractivity contribution in [1.82, 2.24) is 21.5 Å². The quantitative estimate of drug-likeness (QED) is 0.660. The molecular weight excluding hydrogens is 284 g/mol. The van der Waals surface area contributed by atoms with Gasteiger partial charge in [0.25, 0.3) is 0 Å². The second-order valence-corrected chi connectivity index (χ2v) is 5.55. The SMILES string of the molecule is CC(NC(=O)NC1CNNC1)c1ccc2c(c1)OCCCO2. The van der Waals surface area contributed by atoms with E-state index in [1.54, 1.807) is 0 Å². The second kappa shape index (κ2) is 6.85. The van der Waals surface area contributed by atoms with Crippen molar-refractivity contribution in [3.63, 3.8) is 0 Å². The average Bonchev–Trinajstić information content (AvgIpc) is 2.89. The molecule has 0 saturated carbocycles. The van der Waals surface area contributed by atoms with Crippen molar-refractivity contribution in [3.05, 3.63) is 23.8 Å². The molecule has 0 aliphatic carbocycles. The summed E-state index contributed by atoms with van der Waals surface area (Å²) in [6, 6.07) is 5.61. The summed E-state index contributed by atoms with van der Waals surface area (Å²) in [5, 5.41) is 5.86. The third-order valence-electron chi connectivity index (χ3n) is 3.78. The van der Waals surface area contributed by atoms with Crippen molar-refractivity contribution in [2.24, 2.45) is 0 Å². The zero-order valence-corrected chi connectivity index (χ0v) is 12.6. The van der Waals surface area contributed by atoms with Crippen LogP contribution < -0.4 is 31.0 Å². The summed E-state index contributed by atoms with van der Waals surface area (Å²) >= 11 is 0. The number of hydrogen-bond donors (Lipinski definition) is 4. The van der Waals surface area contributed by atoms with Gasteiger partial charge in [-0.25, -0.2) is 4.79 Å². The van der Waals surface area contributed by atoms with Gasteiger partial charge in [0.2, 0.25) is 0 Å². The fraction of sp³-hybridized carbons (Fsp3) is 0.533. The van der Waals surface area contributed by atoms with Gasteiger partial charge in [-0.05, 0) is 24.6 Å². The maximum atomic E-state index is 12.0. The Hall–Kier alpha value is -1.99.